The van der Waals surface area contributed by atoms with Crippen LogP contribution in [0.1, 0.15) is 18.5 Å². The van der Waals surface area contributed by atoms with Gasteiger partial charge in [-0.2, -0.15) is 0 Å². The first kappa shape index (κ1) is 13.0. The van der Waals surface area contributed by atoms with Gasteiger partial charge >= 0.3 is 122 Å². The van der Waals surface area contributed by atoms with Crippen LogP contribution in [0, 0.1) is 0 Å². The minimum atomic E-state index is -0.106. The minimum absolute atomic E-state index is 0.0514. The van der Waals surface area contributed by atoms with Gasteiger partial charge in [-0.1, -0.05) is 0 Å². The molecule has 0 fully saturated rings. The molecule has 0 bridgehead atoms. The fourth-order valence-corrected chi connectivity index (χ4v) is 3.29. The molecule has 1 aromatic heterocycles. The number of phenolic OH excluding ortho intramolecular Hbond substituents is 2. The molecule has 3 aromatic rings. The van der Waals surface area contributed by atoms with Crippen LogP contribution < -0.4 is 5.32 Å². The Morgan fingerprint density at radius 1 is 1.15 bits per heavy atom. The molecule has 0 saturated heterocycles. The molecule has 6 heteroatoms. The molecule has 0 aliphatic rings. The van der Waals surface area contributed by atoms with E-state index in [0.717, 1.165) is 22.3 Å². The molecule has 3 rings (SSSR count). The van der Waals surface area contributed by atoms with Crippen LogP contribution in [0.4, 0.5) is 5.69 Å². The van der Waals surface area contributed by atoms with Crippen molar-refractivity contribution < 1.29 is 10.2 Å². The van der Waals surface area contributed by atoms with Crippen LogP contribution in [-0.4, -0.2) is 33.1 Å². The van der Waals surface area contributed by atoms with Gasteiger partial charge in [-0.15, -0.1) is 0 Å². The third-order valence-electron chi connectivity index (χ3n) is 3.14. The van der Waals surface area contributed by atoms with Gasteiger partial charge in [0.2, 0.25) is 0 Å². The summed E-state index contributed by atoms with van der Waals surface area (Å²) in [4.78, 5) is 0. The van der Waals surface area contributed by atoms with Gasteiger partial charge in [0.25, 0.3) is 0 Å². The molecule has 3 N–H and O–H groups in total. The Balaban J connectivity index is 1.92. The zero-order valence-corrected chi connectivity index (χ0v) is 12.5. The number of nitrogens with one attached hydrogen (secondary N) is 1. The first-order valence-corrected chi connectivity index (χ1v) is 7.68. The predicted octanol–water partition coefficient (Wildman–Crippen LogP) is 2.27. The monoisotopic (exact) mass is 335 g/mol. The van der Waals surface area contributed by atoms with Crippen molar-refractivity contribution in [3.63, 3.8) is 0 Å². The normalized spacial score (nSPS) is 12.4. The molecule has 5 nitrogen and oxygen atoms in total. The van der Waals surface area contributed by atoms with E-state index in [2.05, 4.69) is 13.3 Å². The number of nitrogens with zero attached hydrogens (tertiary/aromatic N) is 2. The first-order valence-electron chi connectivity index (χ1n) is 6.15. The summed E-state index contributed by atoms with van der Waals surface area (Å²) < 4.78 is 8.76. The standard InChI is InChI=1S/C14H13N3O2Se/c1-8(10-6-5-9(18)7-13(10)19)15-11-3-2-4-12-14(11)17-20-16-12/h2-8,15,18-19H,1H3. The maximum atomic E-state index is 9.89. The number of hydrogen-bond donors (Lipinski definition) is 3. The summed E-state index contributed by atoms with van der Waals surface area (Å²) in [6.45, 7) is 1.95. The van der Waals surface area contributed by atoms with Gasteiger partial charge in [-0.05, 0) is 0 Å². The van der Waals surface area contributed by atoms with E-state index in [4.69, 9.17) is 0 Å². The zero-order chi connectivity index (χ0) is 14.1. The van der Waals surface area contributed by atoms with Gasteiger partial charge in [-0.3, -0.25) is 0 Å². The second-order valence-corrected chi connectivity index (χ2v) is 5.66. The Hall–Kier alpha value is -2.04. The van der Waals surface area contributed by atoms with E-state index in [1.165, 1.54) is 6.07 Å². The molecule has 1 heterocycles. The summed E-state index contributed by atoms with van der Waals surface area (Å²) in [7, 11) is 0. The molecule has 102 valence electrons. The summed E-state index contributed by atoms with van der Waals surface area (Å²) in [5.74, 6) is 0.124. The summed E-state index contributed by atoms with van der Waals surface area (Å²) in [5.41, 5.74) is 3.43. The fourth-order valence-electron chi connectivity index (χ4n) is 2.13. The average Bonchev–Trinajstić information content (AvgIpc) is 2.87. The predicted molar refractivity (Wildman–Crippen MR) is 78.3 cm³/mol. The van der Waals surface area contributed by atoms with Gasteiger partial charge in [0, 0.05) is 0 Å². The Morgan fingerprint density at radius 2 is 2.00 bits per heavy atom. The van der Waals surface area contributed by atoms with Gasteiger partial charge < -0.3 is 0 Å². The quantitative estimate of drug-likeness (QED) is 0.641. The number of benzene rings is 2. The van der Waals surface area contributed by atoms with Crippen molar-refractivity contribution in [3.05, 3.63) is 42.0 Å². The van der Waals surface area contributed by atoms with E-state index in [-0.39, 0.29) is 32.5 Å². The Labute approximate surface area is 122 Å². The molecular formula is C14H13N3O2Se. The number of anilines is 1. The number of phenols is 2. The van der Waals surface area contributed by atoms with Crippen molar-refractivity contribution >= 4 is 31.7 Å². The number of aromatic hydroxyl groups is 2. The van der Waals surface area contributed by atoms with E-state index in [0.29, 0.717) is 0 Å². The first-order chi connectivity index (χ1) is 9.65. The SMILES string of the molecule is CC(Nc1cccc2n[se]nc12)c1ccc(O)cc1O. The number of aromatic nitrogens is 2. The van der Waals surface area contributed by atoms with Crippen LogP contribution in [0.3, 0.4) is 0 Å². The van der Waals surface area contributed by atoms with Crippen LogP contribution in [-0.2, 0) is 0 Å². The third-order valence-corrected chi connectivity index (χ3v) is 4.28. The molecule has 0 radical (unpaired) electrons. The van der Waals surface area contributed by atoms with Crippen LogP contribution >= 0.6 is 0 Å². The number of rotatable bonds is 3. The molecule has 0 aliphatic heterocycles. The van der Waals surface area contributed by atoms with E-state index < -0.39 is 0 Å². The Morgan fingerprint density at radius 3 is 2.80 bits per heavy atom. The fraction of sp³-hybridized carbons (Fsp3) is 0.143. The van der Waals surface area contributed by atoms with Crippen molar-refractivity contribution in [2.45, 2.75) is 13.0 Å². The Kier molecular flexibility index (Phi) is 3.34. The summed E-state index contributed by atoms with van der Waals surface area (Å²) >= 11 is -0.0654. The van der Waals surface area contributed by atoms with Crippen LogP contribution in [0.25, 0.3) is 11.0 Å². The van der Waals surface area contributed by atoms with Gasteiger partial charge in [-0.25, -0.2) is 0 Å². The van der Waals surface area contributed by atoms with Crippen molar-refractivity contribution in [3.8, 4) is 11.5 Å². The molecular weight excluding hydrogens is 321 g/mol. The zero-order valence-electron chi connectivity index (χ0n) is 10.7. The molecule has 0 amide bonds. The van der Waals surface area contributed by atoms with Crippen molar-refractivity contribution in [2.24, 2.45) is 0 Å². The van der Waals surface area contributed by atoms with Gasteiger partial charge in [0.05, 0.1) is 0 Å². The number of fused-ring (bicyclic) bond motifs is 1. The molecule has 1 atom stereocenters. The number of hydrogen-bond acceptors (Lipinski definition) is 5. The van der Waals surface area contributed by atoms with E-state index >= 15 is 0 Å². The van der Waals surface area contributed by atoms with Crippen molar-refractivity contribution in [2.75, 3.05) is 5.32 Å². The van der Waals surface area contributed by atoms with Crippen molar-refractivity contribution in [1.29, 1.82) is 0 Å². The second-order valence-electron chi connectivity index (χ2n) is 4.55. The molecule has 20 heavy (non-hydrogen) atoms. The van der Waals surface area contributed by atoms with Gasteiger partial charge in [0.1, 0.15) is 0 Å². The van der Waals surface area contributed by atoms with E-state index in [1.54, 1.807) is 12.1 Å². The topological polar surface area (TPSA) is 78.3 Å². The molecule has 0 saturated carbocycles. The summed E-state index contributed by atoms with van der Waals surface area (Å²) in [6, 6.07) is 10.3. The van der Waals surface area contributed by atoms with Crippen LogP contribution in [0.15, 0.2) is 36.4 Å². The van der Waals surface area contributed by atoms with Gasteiger partial charge in [0.15, 0.2) is 0 Å². The second kappa shape index (κ2) is 5.15. The third kappa shape index (κ3) is 2.35. The molecule has 1 unspecified atom stereocenters. The van der Waals surface area contributed by atoms with E-state index in [9.17, 15) is 10.2 Å². The van der Waals surface area contributed by atoms with Crippen molar-refractivity contribution in [1.82, 2.24) is 7.96 Å². The summed E-state index contributed by atoms with van der Waals surface area (Å²) in [5, 5.41) is 22.6. The van der Waals surface area contributed by atoms with Crippen LogP contribution in [0.2, 0.25) is 0 Å². The van der Waals surface area contributed by atoms with E-state index in [1.807, 2.05) is 25.1 Å². The van der Waals surface area contributed by atoms with Crippen LogP contribution in [0.5, 0.6) is 11.5 Å². The average molecular weight is 334 g/mol. The summed E-state index contributed by atoms with van der Waals surface area (Å²) in [6.07, 6.45) is 0. The Bertz CT molecular complexity index is 757. The molecule has 2 aromatic carbocycles. The molecule has 0 spiro atoms. The molecule has 0 aliphatic carbocycles. The maximum absolute atomic E-state index is 9.89.